The highest BCUT2D eigenvalue weighted by Crippen LogP contribution is 2.37. The van der Waals surface area contributed by atoms with Crippen molar-refractivity contribution in [2.75, 3.05) is 24.7 Å². The fourth-order valence-corrected chi connectivity index (χ4v) is 3.01. The van der Waals surface area contributed by atoms with E-state index in [-0.39, 0.29) is 17.4 Å². The number of thiol groups is 2. The highest BCUT2D eigenvalue weighted by Gasteiger charge is 2.35. The average Bonchev–Trinajstić information content (AvgIpc) is 2.55. The van der Waals surface area contributed by atoms with Crippen LogP contribution in [-0.4, -0.2) is 36.7 Å². The first kappa shape index (κ1) is 19.7. The van der Waals surface area contributed by atoms with Gasteiger partial charge in [0.05, 0.1) is 0 Å². The van der Waals surface area contributed by atoms with E-state index in [9.17, 15) is 9.59 Å². The summed E-state index contributed by atoms with van der Waals surface area (Å²) < 4.78 is 10.8. The smallest absolute Gasteiger partial charge is 0.305 e. The van der Waals surface area contributed by atoms with Crippen molar-refractivity contribution in [1.82, 2.24) is 0 Å². The third-order valence-corrected chi connectivity index (χ3v) is 4.70. The van der Waals surface area contributed by atoms with Crippen LogP contribution in [0.4, 0.5) is 0 Å². The summed E-state index contributed by atoms with van der Waals surface area (Å²) in [5.74, 6) is 1.01. The Morgan fingerprint density at radius 1 is 0.818 bits per heavy atom. The van der Waals surface area contributed by atoms with Gasteiger partial charge in [-0.05, 0) is 37.2 Å². The third-order valence-electron chi connectivity index (χ3n) is 4.07. The Labute approximate surface area is 144 Å². The molecule has 0 aromatic rings. The highest BCUT2D eigenvalue weighted by atomic mass is 32.1. The molecule has 1 fully saturated rings. The Morgan fingerprint density at radius 2 is 1.27 bits per heavy atom. The lowest BCUT2D eigenvalue weighted by atomic mass is 9.75. The number of rotatable bonds is 10. The van der Waals surface area contributed by atoms with E-state index in [1.807, 2.05) is 0 Å². The van der Waals surface area contributed by atoms with Crippen molar-refractivity contribution >= 4 is 37.2 Å². The van der Waals surface area contributed by atoms with Crippen LogP contribution >= 0.6 is 25.3 Å². The van der Waals surface area contributed by atoms with E-state index >= 15 is 0 Å². The van der Waals surface area contributed by atoms with E-state index in [4.69, 9.17) is 9.47 Å². The quantitative estimate of drug-likeness (QED) is 0.469. The number of ether oxygens (including phenoxy) is 2. The molecule has 0 radical (unpaired) electrons. The van der Waals surface area contributed by atoms with Gasteiger partial charge in [-0.25, -0.2) is 0 Å². The van der Waals surface area contributed by atoms with E-state index in [0.717, 1.165) is 38.5 Å². The molecule has 0 unspecified atom stereocenters. The maximum Gasteiger partial charge on any atom is 0.305 e. The lowest BCUT2D eigenvalue weighted by Gasteiger charge is -2.36. The molecular formula is C16H28O4S2. The maximum absolute atomic E-state index is 11.7. The van der Waals surface area contributed by atoms with Gasteiger partial charge in [-0.3, -0.25) is 9.59 Å². The van der Waals surface area contributed by atoms with Gasteiger partial charge in [-0.15, -0.1) is 0 Å². The fourth-order valence-electron chi connectivity index (χ4n) is 2.69. The molecule has 0 amide bonds. The Morgan fingerprint density at radius 3 is 1.68 bits per heavy atom. The minimum absolute atomic E-state index is 0.180. The van der Waals surface area contributed by atoms with E-state index in [2.05, 4.69) is 25.3 Å². The molecule has 0 bridgehead atoms. The van der Waals surface area contributed by atoms with Gasteiger partial charge in [0, 0.05) is 18.3 Å². The summed E-state index contributed by atoms with van der Waals surface area (Å²) in [6.45, 7) is 0.719. The second-order valence-electron chi connectivity index (χ2n) is 6.04. The second kappa shape index (κ2) is 11.2. The Kier molecular flexibility index (Phi) is 10.0. The summed E-state index contributed by atoms with van der Waals surface area (Å²) in [5, 5.41) is 0. The van der Waals surface area contributed by atoms with Crippen LogP contribution in [0.5, 0.6) is 0 Å². The summed E-state index contributed by atoms with van der Waals surface area (Å²) >= 11 is 8.19. The molecule has 1 aliphatic rings. The van der Waals surface area contributed by atoms with Gasteiger partial charge in [-0.2, -0.15) is 25.3 Å². The SMILES string of the molecule is O=C(CCCS)OCC1(COC(=O)CCCS)CCCCC1. The van der Waals surface area contributed by atoms with Crippen LogP contribution in [0.25, 0.3) is 0 Å². The number of esters is 2. The minimum Gasteiger partial charge on any atom is -0.465 e. The molecule has 0 saturated heterocycles. The predicted octanol–water partition coefficient (Wildman–Crippen LogP) is 3.44. The van der Waals surface area contributed by atoms with Crippen LogP contribution in [0.3, 0.4) is 0 Å². The minimum atomic E-state index is -0.189. The molecule has 6 heteroatoms. The molecule has 0 atom stereocenters. The first-order valence-corrected chi connectivity index (χ1v) is 9.41. The Balaban J connectivity index is 2.43. The normalized spacial score (nSPS) is 17.0. The molecule has 0 aromatic carbocycles. The van der Waals surface area contributed by atoms with Crippen molar-refractivity contribution in [2.24, 2.45) is 5.41 Å². The van der Waals surface area contributed by atoms with Gasteiger partial charge in [0.25, 0.3) is 0 Å². The highest BCUT2D eigenvalue weighted by molar-refractivity contribution is 7.80. The summed E-state index contributed by atoms with van der Waals surface area (Å²) in [5.41, 5.74) is -0.189. The largest absolute Gasteiger partial charge is 0.465 e. The first-order chi connectivity index (χ1) is 10.6. The Bertz CT molecular complexity index is 315. The van der Waals surface area contributed by atoms with E-state index < -0.39 is 0 Å². The van der Waals surface area contributed by atoms with Gasteiger partial charge in [0.1, 0.15) is 13.2 Å². The molecular weight excluding hydrogens is 320 g/mol. The number of carbonyl (C=O) groups excluding carboxylic acids is 2. The van der Waals surface area contributed by atoms with Crippen LogP contribution in [0, 0.1) is 5.41 Å². The summed E-state index contributed by atoms with van der Waals surface area (Å²) in [6, 6.07) is 0. The monoisotopic (exact) mass is 348 g/mol. The van der Waals surface area contributed by atoms with Gasteiger partial charge in [0.2, 0.25) is 0 Å². The lowest BCUT2D eigenvalue weighted by molar-refractivity contribution is -0.156. The van der Waals surface area contributed by atoms with E-state index in [1.165, 1.54) is 6.42 Å². The van der Waals surface area contributed by atoms with Gasteiger partial charge < -0.3 is 9.47 Å². The molecule has 1 aliphatic carbocycles. The zero-order valence-electron chi connectivity index (χ0n) is 13.2. The van der Waals surface area contributed by atoms with Crippen LogP contribution in [0.15, 0.2) is 0 Å². The number of hydrogen-bond acceptors (Lipinski definition) is 6. The lowest BCUT2D eigenvalue weighted by Crippen LogP contribution is -2.36. The zero-order chi connectivity index (χ0) is 16.3. The van der Waals surface area contributed by atoms with Crippen molar-refractivity contribution in [3.63, 3.8) is 0 Å². The fraction of sp³-hybridized carbons (Fsp3) is 0.875. The van der Waals surface area contributed by atoms with Crippen LogP contribution in [-0.2, 0) is 19.1 Å². The summed E-state index contributed by atoms with van der Waals surface area (Å²) in [7, 11) is 0. The maximum atomic E-state index is 11.7. The van der Waals surface area contributed by atoms with E-state index in [0.29, 0.717) is 37.6 Å². The molecule has 0 aliphatic heterocycles. The third kappa shape index (κ3) is 7.77. The van der Waals surface area contributed by atoms with Crippen LogP contribution in [0.2, 0.25) is 0 Å². The molecule has 0 aromatic heterocycles. The van der Waals surface area contributed by atoms with Crippen molar-refractivity contribution in [3.05, 3.63) is 0 Å². The number of hydrogen-bond donors (Lipinski definition) is 2. The molecule has 22 heavy (non-hydrogen) atoms. The molecule has 128 valence electrons. The topological polar surface area (TPSA) is 52.6 Å². The predicted molar refractivity (Wildman–Crippen MR) is 93.6 cm³/mol. The number of carbonyl (C=O) groups is 2. The second-order valence-corrected chi connectivity index (χ2v) is 6.93. The van der Waals surface area contributed by atoms with Crippen LogP contribution in [0.1, 0.15) is 57.8 Å². The van der Waals surface area contributed by atoms with E-state index in [1.54, 1.807) is 0 Å². The van der Waals surface area contributed by atoms with Crippen molar-refractivity contribution in [3.8, 4) is 0 Å². The standard InChI is InChI=1S/C16H28O4S2/c17-14(6-4-10-21)19-12-16(8-2-1-3-9-16)13-20-15(18)7-5-11-22/h21-22H,1-13H2. The van der Waals surface area contributed by atoms with Crippen molar-refractivity contribution in [2.45, 2.75) is 57.8 Å². The van der Waals surface area contributed by atoms with Crippen molar-refractivity contribution < 1.29 is 19.1 Å². The molecule has 1 saturated carbocycles. The summed E-state index contributed by atoms with van der Waals surface area (Å²) in [4.78, 5) is 23.4. The average molecular weight is 349 g/mol. The van der Waals surface area contributed by atoms with Gasteiger partial charge >= 0.3 is 11.9 Å². The molecule has 1 rings (SSSR count). The molecule has 0 heterocycles. The van der Waals surface area contributed by atoms with Crippen LogP contribution < -0.4 is 0 Å². The summed E-state index contributed by atoms with van der Waals surface area (Å²) in [6.07, 6.45) is 7.57. The van der Waals surface area contributed by atoms with Gasteiger partial charge in [-0.1, -0.05) is 19.3 Å². The molecule has 4 nitrogen and oxygen atoms in total. The molecule has 0 N–H and O–H groups in total. The first-order valence-electron chi connectivity index (χ1n) is 8.15. The Hall–Kier alpha value is -0.360. The van der Waals surface area contributed by atoms with Gasteiger partial charge in [0.15, 0.2) is 0 Å². The van der Waals surface area contributed by atoms with Crippen molar-refractivity contribution in [1.29, 1.82) is 0 Å². The molecule has 0 spiro atoms. The zero-order valence-corrected chi connectivity index (χ0v) is 15.0.